The Labute approximate surface area is 164 Å². The zero-order valence-corrected chi connectivity index (χ0v) is 16.7. The fourth-order valence-electron chi connectivity index (χ4n) is 3.41. The molecule has 144 valence electrons. The molecule has 2 heterocycles. The standard InChI is InChI=1S/C21H27N3O2S/c1-15(2)19(18-11-7-13-27-18)23-20(25)16-8-6-12-24(14-16)21(26)22-17-9-4-3-5-10-17/h3-5,7,9-11,13,15-16,19H,6,8,12,14H2,1-2H3,(H,22,26)(H,23,25). The number of nitrogens with one attached hydrogen (secondary N) is 2. The average molecular weight is 386 g/mol. The van der Waals surface area contributed by atoms with E-state index in [-0.39, 0.29) is 23.9 Å². The minimum atomic E-state index is -0.165. The molecule has 3 rings (SSSR count). The van der Waals surface area contributed by atoms with Crippen LogP contribution in [-0.2, 0) is 4.79 Å². The van der Waals surface area contributed by atoms with Crippen LogP contribution in [0.3, 0.4) is 0 Å². The van der Waals surface area contributed by atoms with Crippen LogP contribution in [0.25, 0.3) is 0 Å². The summed E-state index contributed by atoms with van der Waals surface area (Å²) >= 11 is 1.67. The van der Waals surface area contributed by atoms with Crippen LogP contribution in [0, 0.1) is 11.8 Å². The van der Waals surface area contributed by atoms with E-state index in [1.54, 1.807) is 16.2 Å². The van der Waals surface area contributed by atoms with Gasteiger partial charge in [-0.15, -0.1) is 11.3 Å². The van der Waals surface area contributed by atoms with Crippen LogP contribution in [0.2, 0.25) is 0 Å². The van der Waals surface area contributed by atoms with Crippen molar-refractivity contribution in [3.8, 4) is 0 Å². The molecule has 3 amide bonds. The van der Waals surface area contributed by atoms with Gasteiger partial charge in [-0.3, -0.25) is 4.79 Å². The maximum atomic E-state index is 12.9. The van der Waals surface area contributed by atoms with Crippen molar-refractivity contribution in [1.29, 1.82) is 0 Å². The van der Waals surface area contributed by atoms with Crippen LogP contribution in [0.4, 0.5) is 10.5 Å². The summed E-state index contributed by atoms with van der Waals surface area (Å²) in [5, 5.41) is 8.16. The van der Waals surface area contributed by atoms with Crippen LogP contribution in [0.15, 0.2) is 47.8 Å². The van der Waals surface area contributed by atoms with E-state index in [0.717, 1.165) is 18.5 Å². The highest BCUT2D eigenvalue weighted by molar-refractivity contribution is 7.10. The van der Waals surface area contributed by atoms with E-state index in [1.165, 1.54) is 4.88 Å². The lowest BCUT2D eigenvalue weighted by atomic mass is 9.95. The first kappa shape index (κ1) is 19.4. The second-order valence-corrected chi connectivity index (χ2v) is 8.31. The SMILES string of the molecule is CC(C)C(NC(=O)C1CCCN(C(=O)Nc2ccccc2)C1)c1cccs1. The second-order valence-electron chi connectivity index (χ2n) is 7.33. The Morgan fingerprint density at radius 3 is 2.59 bits per heavy atom. The number of carbonyl (C=O) groups excluding carboxylic acids is 2. The van der Waals surface area contributed by atoms with Gasteiger partial charge in [0.05, 0.1) is 12.0 Å². The van der Waals surface area contributed by atoms with Gasteiger partial charge in [0.1, 0.15) is 0 Å². The number of benzene rings is 1. The zero-order chi connectivity index (χ0) is 19.2. The van der Waals surface area contributed by atoms with Crippen molar-refractivity contribution < 1.29 is 9.59 Å². The van der Waals surface area contributed by atoms with E-state index in [0.29, 0.717) is 19.0 Å². The third-order valence-corrected chi connectivity index (χ3v) is 5.87. The molecule has 0 radical (unpaired) electrons. The monoisotopic (exact) mass is 385 g/mol. The predicted molar refractivity (Wildman–Crippen MR) is 110 cm³/mol. The van der Waals surface area contributed by atoms with E-state index in [9.17, 15) is 9.59 Å². The van der Waals surface area contributed by atoms with Gasteiger partial charge in [0.15, 0.2) is 0 Å². The number of para-hydroxylation sites is 1. The van der Waals surface area contributed by atoms with Crippen LogP contribution in [-0.4, -0.2) is 29.9 Å². The van der Waals surface area contributed by atoms with E-state index < -0.39 is 0 Å². The summed E-state index contributed by atoms with van der Waals surface area (Å²) in [6, 6.07) is 13.4. The Morgan fingerprint density at radius 1 is 1.15 bits per heavy atom. The third-order valence-electron chi connectivity index (χ3n) is 4.92. The lowest BCUT2D eigenvalue weighted by molar-refractivity contribution is -0.127. The quantitative estimate of drug-likeness (QED) is 0.796. The van der Waals surface area contributed by atoms with Crippen molar-refractivity contribution in [2.45, 2.75) is 32.7 Å². The van der Waals surface area contributed by atoms with E-state index in [1.807, 2.05) is 41.8 Å². The number of carbonyl (C=O) groups is 2. The first-order valence-electron chi connectivity index (χ1n) is 9.49. The van der Waals surface area contributed by atoms with Gasteiger partial charge in [0, 0.05) is 23.7 Å². The fraction of sp³-hybridized carbons (Fsp3) is 0.429. The Hall–Kier alpha value is -2.34. The second kappa shape index (κ2) is 9.04. The zero-order valence-electron chi connectivity index (χ0n) is 15.9. The number of thiophene rings is 1. The molecule has 0 saturated carbocycles. The predicted octanol–water partition coefficient (Wildman–Crippen LogP) is 4.51. The van der Waals surface area contributed by atoms with Crippen LogP contribution in [0.1, 0.15) is 37.6 Å². The van der Waals surface area contributed by atoms with Crippen molar-refractivity contribution in [1.82, 2.24) is 10.2 Å². The number of likely N-dealkylation sites (tertiary alicyclic amines) is 1. The summed E-state index contributed by atoms with van der Waals surface area (Å²) in [6.45, 7) is 5.37. The molecule has 0 aliphatic carbocycles. The number of amides is 3. The summed E-state index contributed by atoms with van der Waals surface area (Å²) in [4.78, 5) is 28.3. The van der Waals surface area contributed by atoms with Gasteiger partial charge in [-0.1, -0.05) is 38.1 Å². The highest BCUT2D eigenvalue weighted by atomic mass is 32.1. The van der Waals surface area contributed by atoms with Crippen LogP contribution >= 0.6 is 11.3 Å². The minimum absolute atomic E-state index is 0.0195. The first-order chi connectivity index (χ1) is 13.0. The van der Waals surface area contributed by atoms with Crippen molar-refractivity contribution in [2.75, 3.05) is 18.4 Å². The Kier molecular flexibility index (Phi) is 6.50. The fourth-order valence-corrected chi connectivity index (χ4v) is 4.35. The molecular formula is C21H27N3O2S. The van der Waals surface area contributed by atoms with Crippen molar-refractivity contribution in [3.63, 3.8) is 0 Å². The molecule has 1 aliphatic rings. The highest BCUT2D eigenvalue weighted by Crippen LogP contribution is 2.27. The molecule has 1 aromatic heterocycles. The summed E-state index contributed by atoms with van der Waals surface area (Å²) in [7, 11) is 0. The van der Waals surface area contributed by atoms with Crippen molar-refractivity contribution >= 4 is 29.0 Å². The average Bonchev–Trinajstić information content (AvgIpc) is 3.21. The van der Waals surface area contributed by atoms with Gasteiger partial charge < -0.3 is 15.5 Å². The molecule has 1 aliphatic heterocycles. The number of hydrogen-bond donors (Lipinski definition) is 2. The summed E-state index contributed by atoms with van der Waals surface area (Å²) < 4.78 is 0. The molecule has 1 fully saturated rings. The number of nitrogens with zero attached hydrogens (tertiary/aromatic N) is 1. The summed E-state index contributed by atoms with van der Waals surface area (Å²) in [5.41, 5.74) is 0.770. The molecule has 0 bridgehead atoms. The van der Waals surface area contributed by atoms with Gasteiger partial charge in [0.2, 0.25) is 5.91 Å². The number of hydrogen-bond acceptors (Lipinski definition) is 3. The molecule has 5 nitrogen and oxygen atoms in total. The number of urea groups is 1. The minimum Gasteiger partial charge on any atom is -0.348 e. The Balaban J connectivity index is 1.59. The van der Waals surface area contributed by atoms with Gasteiger partial charge in [-0.25, -0.2) is 4.79 Å². The third kappa shape index (κ3) is 5.10. The topological polar surface area (TPSA) is 61.4 Å². The molecule has 2 aromatic rings. The van der Waals surface area contributed by atoms with Crippen molar-refractivity contribution in [2.24, 2.45) is 11.8 Å². The Morgan fingerprint density at radius 2 is 1.93 bits per heavy atom. The lowest BCUT2D eigenvalue weighted by Crippen LogP contribution is -2.47. The van der Waals surface area contributed by atoms with Gasteiger partial charge >= 0.3 is 6.03 Å². The maximum absolute atomic E-state index is 12.9. The lowest BCUT2D eigenvalue weighted by Gasteiger charge is -2.33. The van der Waals surface area contributed by atoms with Crippen molar-refractivity contribution in [3.05, 3.63) is 52.7 Å². The van der Waals surface area contributed by atoms with Crippen LogP contribution < -0.4 is 10.6 Å². The van der Waals surface area contributed by atoms with Gasteiger partial charge in [-0.05, 0) is 42.3 Å². The molecular weight excluding hydrogens is 358 g/mol. The van der Waals surface area contributed by atoms with E-state index in [2.05, 4.69) is 30.5 Å². The van der Waals surface area contributed by atoms with E-state index >= 15 is 0 Å². The van der Waals surface area contributed by atoms with E-state index in [4.69, 9.17) is 0 Å². The Bertz CT molecular complexity index is 746. The largest absolute Gasteiger partial charge is 0.348 e. The molecule has 1 aromatic carbocycles. The van der Waals surface area contributed by atoms with Gasteiger partial charge in [-0.2, -0.15) is 0 Å². The summed E-state index contributed by atoms with van der Waals surface area (Å²) in [5.74, 6) is 0.189. The smallest absolute Gasteiger partial charge is 0.321 e. The molecule has 0 spiro atoms. The molecule has 6 heteroatoms. The molecule has 2 N–H and O–H groups in total. The van der Waals surface area contributed by atoms with Crippen LogP contribution in [0.5, 0.6) is 0 Å². The maximum Gasteiger partial charge on any atom is 0.321 e. The number of anilines is 1. The molecule has 2 unspecified atom stereocenters. The number of piperidine rings is 1. The number of rotatable bonds is 5. The molecule has 1 saturated heterocycles. The molecule has 2 atom stereocenters. The molecule has 27 heavy (non-hydrogen) atoms. The summed E-state index contributed by atoms with van der Waals surface area (Å²) in [6.07, 6.45) is 1.65. The first-order valence-corrected chi connectivity index (χ1v) is 10.4. The van der Waals surface area contributed by atoms with Gasteiger partial charge in [0.25, 0.3) is 0 Å². The normalized spacial score (nSPS) is 18.2. The highest BCUT2D eigenvalue weighted by Gasteiger charge is 2.30.